The molecule has 2 heterocycles. The van der Waals surface area contributed by atoms with E-state index in [1.54, 1.807) is 37.5 Å². The summed E-state index contributed by atoms with van der Waals surface area (Å²) < 4.78 is 13.6. The number of aromatic nitrogens is 3. The van der Waals surface area contributed by atoms with Gasteiger partial charge in [-0.2, -0.15) is 0 Å². The summed E-state index contributed by atoms with van der Waals surface area (Å²) in [6.07, 6.45) is 3.10. The standard InChI is InChI=1S/C15H11FN4O/c1-9-4-6-18-15(19-9)20-14(21)12-8-11(16)7-10-3-2-5-17-13(10)12/h2-8H,1H3,(H,18,19,20,21). The number of carbonyl (C=O) groups is 1. The van der Waals surface area contributed by atoms with E-state index in [9.17, 15) is 9.18 Å². The van der Waals surface area contributed by atoms with Crippen molar-refractivity contribution in [1.82, 2.24) is 15.0 Å². The van der Waals surface area contributed by atoms with Crippen LogP contribution >= 0.6 is 0 Å². The summed E-state index contributed by atoms with van der Waals surface area (Å²) in [6.45, 7) is 1.79. The Morgan fingerprint density at radius 3 is 2.86 bits per heavy atom. The molecule has 0 aliphatic rings. The second-order valence-corrected chi connectivity index (χ2v) is 4.50. The van der Waals surface area contributed by atoms with Gasteiger partial charge in [0, 0.05) is 23.5 Å². The third-order valence-corrected chi connectivity index (χ3v) is 2.93. The summed E-state index contributed by atoms with van der Waals surface area (Å²) in [4.78, 5) is 24.5. The first-order valence-electron chi connectivity index (χ1n) is 6.29. The molecule has 21 heavy (non-hydrogen) atoms. The Morgan fingerprint density at radius 1 is 1.19 bits per heavy atom. The molecular formula is C15H11FN4O. The zero-order valence-corrected chi connectivity index (χ0v) is 11.2. The number of carbonyl (C=O) groups excluding carboxylic acids is 1. The second-order valence-electron chi connectivity index (χ2n) is 4.50. The van der Waals surface area contributed by atoms with Crippen LogP contribution in [0.5, 0.6) is 0 Å². The van der Waals surface area contributed by atoms with Crippen molar-refractivity contribution in [3.05, 3.63) is 59.8 Å². The van der Waals surface area contributed by atoms with Crippen LogP contribution in [0.1, 0.15) is 16.1 Å². The molecule has 104 valence electrons. The summed E-state index contributed by atoms with van der Waals surface area (Å²) in [7, 11) is 0. The Morgan fingerprint density at radius 2 is 2.05 bits per heavy atom. The third kappa shape index (κ3) is 2.69. The zero-order valence-electron chi connectivity index (χ0n) is 11.2. The monoisotopic (exact) mass is 282 g/mol. The number of amides is 1. The third-order valence-electron chi connectivity index (χ3n) is 2.93. The molecule has 1 amide bonds. The minimum Gasteiger partial charge on any atom is -0.290 e. The predicted molar refractivity (Wildman–Crippen MR) is 76.4 cm³/mol. The van der Waals surface area contributed by atoms with Gasteiger partial charge in [0.2, 0.25) is 5.95 Å². The fraction of sp³-hybridized carbons (Fsp3) is 0.0667. The quantitative estimate of drug-likeness (QED) is 0.784. The predicted octanol–water partition coefficient (Wildman–Crippen LogP) is 2.72. The molecule has 0 atom stereocenters. The number of halogens is 1. The topological polar surface area (TPSA) is 67.8 Å². The Hall–Kier alpha value is -2.89. The van der Waals surface area contributed by atoms with E-state index in [1.807, 2.05) is 0 Å². The lowest BCUT2D eigenvalue weighted by molar-refractivity contribution is 0.102. The van der Waals surface area contributed by atoms with Crippen LogP contribution in [0.15, 0.2) is 42.7 Å². The molecule has 0 saturated carbocycles. The average molecular weight is 282 g/mol. The molecule has 0 unspecified atom stereocenters. The molecule has 2 aromatic heterocycles. The first-order chi connectivity index (χ1) is 10.1. The Balaban J connectivity index is 2.02. The molecule has 0 fully saturated rings. The van der Waals surface area contributed by atoms with Crippen LogP contribution in [0.3, 0.4) is 0 Å². The molecule has 6 heteroatoms. The number of fused-ring (bicyclic) bond motifs is 1. The molecule has 3 aromatic rings. The van der Waals surface area contributed by atoms with E-state index in [0.29, 0.717) is 10.9 Å². The van der Waals surface area contributed by atoms with Crippen molar-refractivity contribution in [1.29, 1.82) is 0 Å². The summed E-state index contributed by atoms with van der Waals surface area (Å²) in [6, 6.07) is 7.59. The van der Waals surface area contributed by atoms with Crippen molar-refractivity contribution in [2.24, 2.45) is 0 Å². The Labute approximate surface area is 119 Å². The highest BCUT2D eigenvalue weighted by Crippen LogP contribution is 2.19. The van der Waals surface area contributed by atoms with Crippen LogP contribution in [0.25, 0.3) is 10.9 Å². The van der Waals surface area contributed by atoms with Crippen LogP contribution in [-0.4, -0.2) is 20.9 Å². The summed E-state index contributed by atoms with van der Waals surface area (Å²) in [5.74, 6) is -0.817. The van der Waals surface area contributed by atoms with Crippen molar-refractivity contribution in [3.63, 3.8) is 0 Å². The van der Waals surface area contributed by atoms with Crippen molar-refractivity contribution >= 4 is 22.8 Å². The number of nitrogens with zero attached hydrogens (tertiary/aromatic N) is 3. The first kappa shape index (κ1) is 13.1. The van der Waals surface area contributed by atoms with Gasteiger partial charge < -0.3 is 0 Å². The van der Waals surface area contributed by atoms with Crippen LogP contribution in [0, 0.1) is 12.7 Å². The molecule has 0 bridgehead atoms. The maximum absolute atomic E-state index is 13.6. The highest BCUT2D eigenvalue weighted by molar-refractivity contribution is 6.11. The average Bonchev–Trinajstić information content (AvgIpc) is 2.46. The maximum Gasteiger partial charge on any atom is 0.260 e. The van der Waals surface area contributed by atoms with E-state index < -0.39 is 11.7 Å². The molecule has 0 aliphatic carbocycles. The molecule has 0 radical (unpaired) electrons. The number of rotatable bonds is 2. The van der Waals surface area contributed by atoms with Crippen LogP contribution in [-0.2, 0) is 0 Å². The molecule has 1 aromatic carbocycles. The van der Waals surface area contributed by atoms with Gasteiger partial charge in [-0.1, -0.05) is 6.07 Å². The SMILES string of the molecule is Cc1ccnc(NC(=O)c2cc(F)cc3cccnc23)n1. The number of benzene rings is 1. The molecule has 1 N–H and O–H groups in total. The first-order valence-corrected chi connectivity index (χ1v) is 6.29. The molecule has 0 aliphatic heterocycles. The van der Waals surface area contributed by atoms with E-state index in [-0.39, 0.29) is 11.5 Å². The van der Waals surface area contributed by atoms with Gasteiger partial charge in [-0.15, -0.1) is 0 Å². The van der Waals surface area contributed by atoms with Gasteiger partial charge in [0.15, 0.2) is 0 Å². The molecule has 0 saturated heterocycles. The van der Waals surface area contributed by atoms with Gasteiger partial charge >= 0.3 is 0 Å². The van der Waals surface area contributed by atoms with Gasteiger partial charge in [0.1, 0.15) is 5.82 Å². The van der Waals surface area contributed by atoms with Crippen LogP contribution in [0.4, 0.5) is 10.3 Å². The highest BCUT2D eigenvalue weighted by atomic mass is 19.1. The van der Waals surface area contributed by atoms with E-state index in [2.05, 4.69) is 20.3 Å². The van der Waals surface area contributed by atoms with Gasteiger partial charge in [-0.3, -0.25) is 15.1 Å². The highest BCUT2D eigenvalue weighted by Gasteiger charge is 2.14. The van der Waals surface area contributed by atoms with Gasteiger partial charge in [-0.25, -0.2) is 14.4 Å². The fourth-order valence-electron chi connectivity index (χ4n) is 2.01. The Bertz CT molecular complexity index is 835. The zero-order chi connectivity index (χ0) is 14.8. The van der Waals surface area contributed by atoms with E-state index in [0.717, 1.165) is 11.8 Å². The van der Waals surface area contributed by atoms with Crippen LogP contribution in [0.2, 0.25) is 0 Å². The molecule has 3 rings (SSSR count). The lowest BCUT2D eigenvalue weighted by Crippen LogP contribution is -2.15. The molecule has 0 spiro atoms. The van der Waals surface area contributed by atoms with Crippen molar-refractivity contribution in [2.75, 3.05) is 5.32 Å². The van der Waals surface area contributed by atoms with Gasteiger partial charge in [0.25, 0.3) is 5.91 Å². The lowest BCUT2D eigenvalue weighted by atomic mass is 10.1. The number of nitrogens with one attached hydrogen (secondary N) is 1. The molecular weight excluding hydrogens is 271 g/mol. The minimum atomic E-state index is -0.496. The lowest BCUT2D eigenvalue weighted by Gasteiger charge is -2.07. The van der Waals surface area contributed by atoms with Crippen molar-refractivity contribution in [2.45, 2.75) is 6.92 Å². The second kappa shape index (κ2) is 5.24. The summed E-state index contributed by atoms with van der Waals surface area (Å²) in [5, 5.41) is 3.11. The number of pyridine rings is 1. The largest absolute Gasteiger partial charge is 0.290 e. The van der Waals surface area contributed by atoms with Gasteiger partial charge in [0.05, 0.1) is 11.1 Å². The fourth-order valence-corrected chi connectivity index (χ4v) is 2.01. The molecule has 5 nitrogen and oxygen atoms in total. The Kier molecular flexibility index (Phi) is 3.27. The van der Waals surface area contributed by atoms with Gasteiger partial charge in [-0.05, 0) is 31.2 Å². The van der Waals surface area contributed by atoms with Crippen molar-refractivity contribution in [3.8, 4) is 0 Å². The number of anilines is 1. The summed E-state index contributed by atoms with van der Waals surface area (Å²) >= 11 is 0. The number of hydrogen-bond acceptors (Lipinski definition) is 4. The van der Waals surface area contributed by atoms with E-state index in [1.165, 1.54) is 6.07 Å². The van der Waals surface area contributed by atoms with Crippen molar-refractivity contribution < 1.29 is 9.18 Å². The number of aryl methyl sites for hydroxylation is 1. The smallest absolute Gasteiger partial charge is 0.260 e. The summed E-state index contributed by atoms with van der Waals surface area (Å²) in [5.41, 5.74) is 1.31. The maximum atomic E-state index is 13.6. The number of hydrogen-bond donors (Lipinski definition) is 1. The minimum absolute atomic E-state index is 0.149. The van der Waals surface area contributed by atoms with E-state index >= 15 is 0 Å². The normalized spacial score (nSPS) is 10.6. The van der Waals surface area contributed by atoms with E-state index in [4.69, 9.17) is 0 Å². The van der Waals surface area contributed by atoms with Crippen LogP contribution < -0.4 is 5.32 Å².